The van der Waals surface area contributed by atoms with Crippen molar-refractivity contribution in [3.8, 4) is 0 Å². The Kier molecular flexibility index (Phi) is 7.03. The van der Waals surface area contributed by atoms with E-state index in [2.05, 4.69) is 19.0 Å². The van der Waals surface area contributed by atoms with Gasteiger partial charge in [0.1, 0.15) is 6.61 Å². The Morgan fingerprint density at radius 2 is 1.81 bits per heavy atom. The van der Waals surface area contributed by atoms with Crippen LogP contribution in [0.3, 0.4) is 0 Å². The zero-order valence-corrected chi connectivity index (χ0v) is 19.7. The number of ether oxygens (including phenoxy) is 1. The van der Waals surface area contributed by atoms with E-state index < -0.39 is 5.60 Å². The molecule has 0 aromatic carbocycles. The number of nitrogens with two attached hydrogens (primary N) is 2. The maximum absolute atomic E-state index is 12.2. The van der Waals surface area contributed by atoms with Gasteiger partial charge < -0.3 is 26.1 Å². The molecule has 4 aliphatic rings. The second-order valence-corrected chi connectivity index (χ2v) is 11.3. The van der Waals surface area contributed by atoms with E-state index in [0.29, 0.717) is 43.1 Å². The van der Waals surface area contributed by atoms with Crippen LogP contribution >= 0.6 is 0 Å². The molecule has 31 heavy (non-hydrogen) atoms. The van der Waals surface area contributed by atoms with Crippen molar-refractivity contribution >= 4 is 6.21 Å². The van der Waals surface area contributed by atoms with Crippen molar-refractivity contribution in [2.45, 2.75) is 89.8 Å². The maximum Gasteiger partial charge on any atom is 0.129 e. The first-order chi connectivity index (χ1) is 14.9. The number of hydrogen-bond donors (Lipinski definition) is 3. The standard InChI is InChI=1S/C25H45N3O3/c1-23-9-7-20(30-14-3-12-26)16-18(23)4-5-22-21(23)8-10-24(2)19(6-11-25(22,24)29)17-28-31-15-13-27/h17-22,29H,3-16,26-27H2,1-2H3/b28-17+/t18?,19?,20?,21-,22-,23+,24-,25-/m1/s1. The summed E-state index contributed by atoms with van der Waals surface area (Å²) >= 11 is 0. The zero-order valence-electron chi connectivity index (χ0n) is 19.7. The highest BCUT2D eigenvalue weighted by atomic mass is 16.6. The molecule has 0 heterocycles. The van der Waals surface area contributed by atoms with Crippen molar-refractivity contribution in [3.05, 3.63) is 0 Å². The van der Waals surface area contributed by atoms with Crippen LogP contribution in [0.25, 0.3) is 0 Å². The predicted molar refractivity (Wildman–Crippen MR) is 124 cm³/mol. The van der Waals surface area contributed by atoms with Crippen LogP contribution in [0.5, 0.6) is 0 Å². The molecule has 4 rings (SSSR count). The van der Waals surface area contributed by atoms with E-state index in [0.717, 1.165) is 51.0 Å². The van der Waals surface area contributed by atoms with Gasteiger partial charge in [-0.1, -0.05) is 19.0 Å². The van der Waals surface area contributed by atoms with E-state index >= 15 is 0 Å². The molecule has 6 heteroatoms. The molecular weight excluding hydrogens is 390 g/mol. The maximum atomic E-state index is 12.2. The van der Waals surface area contributed by atoms with Gasteiger partial charge in [-0.15, -0.1) is 0 Å². The predicted octanol–water partition coefficient (Wildman–Crippen LogP) is 3.46. The van der Waals surface area contributed by atoms with E-state index in [4.69, 9.17) is 21.0 Å². The molecule has 0 aliphatic heterocycles. The van der Waals surface area contributed by atoms with Crippen LogP contribution in [0.15, 0.2) is 5.16 Å². The highest BCUT2D eigenvalue weighted by Gasteiger charge is 2.67. The third kappa shape index (κ3) is 3.96. The van der Waals surface area contributed by atoms with Crippen LogP contribution < -0.4 is 11.5 Å². The number of rotatable bonds is 8. The fourth-order valence-corrected chi connectivity index (χ4v) is 8.17. The first-order valence-electron chi connectivity index (χ1n) is 12.8. The summed E-state index contributed by atoms with van der Waals surface area (Å²) in [5.41, 5.74) is 10.8. The van der Waals surface area contributed by atoms with E-state index in [9.17, 15) is 5.11 Å². The molecule has 0 saturated heterocycles. The lowest BCUT2D eigenvalue weighted by Crippen LogP contribution is -2.62. The molecule has 4 fully saturated rings. The summed E-state index contributed by atoms with van der Waals surface area (Å²) in [5, 5.41) is 16.4. The van der Waals surface area contributed by atoms with Crippen LogP contribution in [-0.2, 0) is 9.57 Å². The van der Waals surface area contributed by atoms with Crippen molar-refractivity contribution in [3.63, 3.8) is 0 Å². The molecule has 0 radical (unpaired) electrons. The van der Waals surface area contributed by atoms with Crippen molar-refractivity contribution in [1.82, 2.24) is 0 Å². The van der Waals surface area contributed by atoms with Gasteiger partial charge in [-0.05, 0) is 93.9 Å². The Morgan fingerprint density at radius 1 is 0.968 bits per heavy atom. The topological polar surface area (TPSA) is 103 Å². The summed E-state index contributed by atoms with van der Waals surface area (Å²) in [7, 11) is 0. The normalized spacial score (nSPS) is 47.1. The third-order valence-corrected chi connectivity index (χ3v) is 10.1. The molecule has 3 unspecified atom stereocenters. The quantitative estimate of drug-likeness (QED) is 0.308. The monoisotopic (exact) mass is 435 g/mol. The first kappa shape index (κ1) is 23.5. The molecule has 5 N–H and O–H groups in total. The highest BCUT2D eigenvalue weighted by molar-refractivity contribution is 5.63. The van der Waals surface area contributed by atoms with Crippen LogP contribution in [-0.4, -0.2) is 49.3 Å². The van der Waals surface area contributed by atoms with Crippen LogP contribution in [0.1, 0.15) is 78.1 Å². The molecule has 6 nitrogen and oxygen atoms in total. The molecule has 0 aromatic rings. The van der Waals surface area contributed by atoms with Crippen molar-refractivity contribution in [2.24, 2.45) is 51.1 Å². The lowest BCUT2D eigenvalue weighted by molar-refractivity contribution is -0.207. The van der Waals surface area contributed by atoms with Crippen LogP contribution in [0.2, 0.25) is 0 Å². The van der Waals surface area contributed by atoms with Gasteiger partial charge in [-0.2, -0.15) is 0 Å². The Hall–Kier alpha value is -0.690. The van der Waals surface area contributed by atoms with Gasteiger partial charge in [0.2, 0.25) is 0 Å². The molecule has 0 bridgehead atoms. The second-order valence-electron chi connectivity index (χ2n) is 11.3. The number of fused-ring (bicyclic) bond motifs is 5. The molecule has 0 aromatic heterocycles. The van der Waals surface area contributed by atoms with Crippen molar-refractivity contribution in [2.75, 3.05) is 26.3 Å². The van der Waals surface area contributed by atoms with Gasteiger partial charge in [0.25, 0.3) is 0 Å². The van der Waals surface area contributed by atoms with E-state index in [-0.39, 0.29) is 11.3 Å². The van der Waals surface area contributed by atoms with Gasteiger partial charge >= 0.3 is 0 Å². The molecule has 4 aliphatic carbocycles. The summed E-state index contributed by atoms with van der Waals surface area (Å²) in [6.07, 6.45) is 13.5. The molecular formula is C25H45N3O3. The smallest absolute Gasteiger partial charge is 0.129 e. The SMILES string of the molecule is C[C@]12CCC(OCCCN)CC1CC[C@@H]1[C@H]2CC[C@]2(C)C(/C=N/OCCN)CC[C@@]12O. The minimum atomic E-state index is -0.580. The molecule has 178 valence electrons. The van der Waals surface area contributed by atoms with Crippen LogP contribution in [0.4, 0.5) is 0 Å². The largest absolute Gasteiger partial charge is 0.395 e. The molecule has 0 spiro atoms. The summed E-state index contributed by atoms with van der Waals surface area (Å²) in [5.74, 6) is 2.04. The summed E-state index contributed by atoms with van der Waals surface area (Å²) in [6, 6.07) is 0. The second kappa shape index (κ2) is 9.28. The number of aliphatic hydroxyl groups is 1. The summed E-state index contributed by atoms with van der Waals surface area (Å²) < 4.78 is 6.16. The molecule has 8 atom stereocenters. The van der Waals surface area contributed by atoms with E-state index in [1.807, 2.05) is 6.21 Å². The number of nitrogens with zero attached hydrogens (tertiary/aromatic N) is 1. The van der Waals surface area contributed by atoms with Gasteiger partial charge in [0.05, 0.1) is 11.7 Å². The van der Waals surface area contributed by atoms with E-state index in [1.165, 1.54) is 25.7 Å². The van der Waals surface area contributed by atoms with Gasteiger partial charge in [-0.3, -0.25) is 0 Å². The summed E-state index contributed by atoms with van der Waals surface area (Å²) in [6.45, 7) is 7.28. The van der Waals surface area contributed by atoms with Crippen LogP contribution in [0, 0.1) is 34.5 Å². The number of oxime groups is 1. The minimum Gasteiger partial charge on any atom is -0.395 e. The lowest BCUT2D eigenvalue weighted by Gasteiger charge is -2.63. The summed E-state index contributed by atoms with van der Waals surface area (Å²) in [4.78, 5) is 5.28. The lowest BCUT2D eigenvalue weighted by atomic mass is 9.43. The fraction of sp³-hybridized carbons (Fsp3) is 0.960. The Balaban J connectivity index is 1.46. The van der Waals surface area contributed by atoms with E-state index in [1.54, 1.807) is 0 Å². The fourth-order valence-electron chi connectivity index (χ4n) is 8.17. The average Bonchev–Trinajstić information content (AvgIpc) is 3.02. The Labute approximate surface area is 188 Å². The van der Waals surface area contributed by atoms with Gasteiger partial charge in [0, 0.05) is 30.7 Å². The third-order valence-electron chi connectivity index (χ3n) is 10.1. The molecule has 4 saturated carbocycles. The highest BCUT2D eigenvalue weighted by Crippen LogP contribution is 2.68. The average molecular weight is 436 g/mol. The van der Waals surface area contributed by atoms with Gasteiger partial charge in [0.15, 0.2) is 0 Å². The van der Waals surface area contributed by atoms with Gasteiger partial charge in [-0.25, -0.2) is 0 Å². The Morgan fingerprint density at radius 3 is 2.58 bits per heavy atom. The first-order valence-corrected chi connectivity index (χ1v) is 12.8. The van der Waals surface area contributed by atoms with Crippen molar-refractivity contribution < 1.29 is 14.7 Å². The molecule has 0 amide bonds. The minimum absolute atomic E-state index is 0.102. The zero-order chi connectivity index (χ0) is 22.1. The van der Waals surface area contributed by atoms with Crippen molar-refractivity contribution in [1.29, 1.82) is 0 Å². The number of hydrogen-bond acceptors (Lipinski definition) is 6. The Bertz CT molecular complexity index is 646.